The maximum atomic E-state index is 12.9. The van der Waals surface area contributed by atoms with Crippen molar-refractivity contribution in [3.05, 3.63) is 58.7 Å². The molecular formula is C23H28N2O5S. The molecule has 2 aromatic rings. The molecule has 1 fully saturated rings. The first-order valence-electron chi connectivity index (χ1n) is 10.3. The molecule has 1 saturated heterocycles. The number of carbonyl (C=O) groups excluding carboxylic acids is 2. The highest BCUT2D eigenvalue weighted by atomic mass is 32.2. The lowest BCUT2D eigenvalue weighted by Gasteiger charge is -2.26. The molecule has 7 nitrogen and oxygen atoms in total. The molecule has 2 aromatic carbocycles. The summed E-state index contributed by atoms with van der Waals surface area (Å²) in [6.45, 7) is 6.16. The number of aryl methyl sites for hydroxylation is 3. The number of amides is 1. The van der Waals surface area contributed by atoms with Gasteiger partial charge in [0.1, 0.15) is 0 Å². The lowest BCUT2D eigenvalue weighted by atomic mass is 10.1. The molecule has 8 heteroatoms. The third-order valence-corrected chi connectivity index (χ3v) is 7.41. The maximum absolute atomic E-state index is 12.9. The smallest absolute Gasteiger partial charge is 0.338 e. The molecule has 1 aliphatic rings. The molecular weight excluding hydrogens is 416 g/mol. The van der Waals surface area contributed by atoms with E-state index in [9.17, 15) is 18.0 Å². The highest BCUT2D eigenvalue weighted by Crippen LogP contribution is 2.25. The number of benzene rings is 2. The Labute approximate surface area is 183 Å². The summed E-state index contributed by atoms with van der Waals surface area (Å²) >= 11 is 0. The summed E-state index contributed by atoms with van der Waals surface area (Å²) < 4.78 is 32.4. The Morgan fingerprint density at radius 3 is 2.29 bits per heavy atom. The minimum absolute atomic E-state index is 0.141. The van der Waals surface area contributed by atoms with Gasteiger partial charge >= 0.3 is 5.97 Å². The minimum atomic E-state index is -3.61. The zero-order valence-electron chi connectivity index (χ0n) is 18.1. The summed E-state index contributed by atoms with van der Waals surface area (Å²) in [7, 11) is -3.61. The Hall–Kier alpha value is -2.71. The van der Waals surface area contributed by atoms with Crippen LogP contribution in [-0.2, 0) is 19.6 Å². The van der Waals surface area contributed by atoms with Gasteiger partial charge in [-0.3, -0.25) is 4.79 Å². The van der Waals surface area contributed by atoms with E-state index in [1.54, 1.807) is 31.2 Å². The van der Waals surface area contributed by atoms with E-state index < -0.39 is 28.5 Å². The molecule has 31 heavy (non-hydrogen) atoms. The van der Waals surface area contributed by atoms with E-state index in [4.69, 9.17) is 4.74 Å². The van der Waals surface area contributed by atoms with Crippen LogP contribution in [0.25, 0.3) is 0 Å². The lowest BCUT2D eigenvalue weighted by Crippen LogP contribution is -2.35. The Balaban J connectivity index is 1.66. The number of nitrogens with one attached hydrogen (secondary N) is 1. The van der Waals surface area contributed by atoms with E-state index in [2.05, 4.69) is 5.32 Å². The number of anilines is 1. The fraction of sp³-hybridized carbons (Fsp3) is 0.391. The van der Waals surface area contributed by atoms with Crippen molar-refractivity contribution >= 4 is 27.6 Å². The average molecular weight is 445 g/mol. The van der Waals surface area contributed by atoms with Crippen molar-refractivity contribution in [3.8, 4) is 0 Å². The van der Waals surface area contributed by atoms with Crippen LogP contribution in [0.2, 0.25) is 0 Å². The average Bonchev–Trinajstić information content (AvgIpc) is 2.76. The minimum Gasteiger partial charge on any atom is -0.452 e. The molecule has 166 valence electrons. The summed E-state index contributed by atoms with van der Waals surface area (Å²) in [5.41, 5.74) is 3.49. The van der Waals surface area contributed by atoms with Crippen LogP contribution in [0.1, 0.15) is 46.3 Å². The van der Waals surface area contributed by atoms with Crippen molar-refractivity contribution in [1.29, 1.82) is 0 Å². The van der Waals surface area contributed by atoms with E-state index in [0.717, 1.165) is 30.4 Å². The summed E-state index contributed by atoms with van der Waals surface area (Å²) in [5, 5.41) is 2.65. The standard InChI is InChI=1S/C23H28N2O5S/c1-16-7-9-19(13-18(16)3)23(27)30-15-22(26)24-21-14-20(10-8-17(21)2)31(28,29)25-11-5-4-6-12-25/h7-10,13-14H,4-6,11-12,15H2,1-3H3,(H,24,26). The van der Waals surface area contributed by atoms with Gasteiger partial charge in [0, 0.05) is 18.8 Å². The van der Waals surface area contributed by atoms with Gasteiger partial charge in [0.15, 0.2) is 6.61 Å². The largest absolute Gasteiger partial charge is 0.452 e. The van der Waals surface area contributed by atoms with Gasteiger partial charge in [-0.15, -0.1) is 0 Å². The third-order valence-electron chi connectivity index (χ3n) is 5.51. The van der Waals surface area contributed by atoms with E-state index >= 15 is 0 Å². The summed E-state index contributed by atoms with van der Waals surface area (Å²) in [5.74, 6) is -1.12. The normalized spacial score (nSPS) is 14.8. The SMILES string of the molecule is Cc1ccc(C(=O)OCC(=O)Nc2cc(S(=O)(=O)N3CCCCC3)ccc2C)cc1C. The first kappa shape index (κ1) is 23.0. The van der Waals surface area contributed by atoms with Gasteiger partial charge in [-0.05, 0) is 74.6 Å². The van der Waals surface area contributed by atoms with Gasteiger partial charge in [0.25, 0.3) is 5.91 Å². The second-order valence-corrected chi connectivity index (χ2v) is 9.80. The number of sulfonamides is 1. The van der Waals surface area contributed by atoms with Crippen molar-refractivity contribution in [2.75, 3.05) is 25.0 Å². The highest BCUT2D eigenvalue weighted by Gasteiger charge is 2.26. The molecule has 0 saturated carbocycles. The number of carbonyl (C=O) groups is 2. The molecule has 0 atom stereocenters. The van der Waals surface area contributed by atoms with Crippen molar-refractivity contribution in [3.63, 3.8) is 0 Å². The van der Waals surface area contributed by atoms with Gasteiger partial charge in [0.2, 0.25) is 10.0 Å². The number of rotatable bonds is 6. The van der Waals surface area contributed by atoms with E-state index in [1.807, 2.05) is 19.9 Å². The second kappa shape index (κ2) is 9.62. The Bertz CT molecular complexity index is 1090. The molecule has 1 N–H and O–H groups in total. The van der Waals surface area contributed by atoms with Gasteiger partial charge in [-0.2, -0.15) is 4.31 Å². The molecule has 1 aliphatic heterocycles. The molecule has 0 bridgehead atoms. The van der Waals surface area contributed by atoms with E-state index in [0.29, 0.717) is 29.9 Å². The van der Waals surface area contributed by atoms with Crippen LogP contribution in [0, 0.1) is 20.8 Å². The number of nitrogens with zero attached hydrogens (tertiary/aromatic N) is 1. The fourth-order valence-corrected chi connectivity index (χ4v) is 4.96. The summed E-state index contributed by atoms with van der Waals surface area (Å²) in [6, 6.07) is 9.87. The maximum Gasteiger partial charge on any atom is 0.338 e. The number of piperidine rings is 1. The first-order chi connectivity index (χ1) is 14.7. The van der Waals surface area contributed by atoms with Gasteiger partial charge in [-0.1, -0.05) is 18.6 Å². The highest BCUT2D eigenvalue weighted by molar-refractivity contribution is 7.89. The Morgan fingerprint density at radius 1 is 0.935 bits per heavy atom. The van der Waals surface area contributed by atoms with Crippen LogP contribution in [0.5, 0.6) is 0 Å². The summed E-state index contributed by atoms with van der Waals surface area (Å²) in [6.07, 6.45) is 2.73. The molecule has 1 amide bonds. The molecule has 3 rings (SSSR count). The number of hydrogen-bond acceptors (Lipinski definition) is 5. The van der Waals surface area contributed by atoms with Crippen LogP contribution in [0.3, 0.4) is 0 Å². The van der Waals surface area contributed by atoms with Crippen molar-refractivity contribution < 1.29 is 22.7 Å². The topological polar surface area (TPSA) is 92.8 Å². The zero-order valence-corrected chi connectivity index (χ0v) is 18.9. The van der Waals surface area contributed by atoms with Crippen LogP contribution < -0.4 is 5.32 Å². The van der Waals surface area contributed by atoms with Gasteiger partial charge in [-0.25, -0.2) is 13.2 Å². The zero-order chi connectivity index (χ0) is 22.6. The van der Waals surface area contributed by atoms with E-state index in [1.165, 1.54) is 10.4 Å². The number of ether oxygens (including phenoxy) is 1. The molecule has 0 radical (unpaired) electrons. The molecule has 0 spiro atoms. The molecule has 1 heterocycles. The molecule has 0 unspecified atom stereocenters. The first-order valence-corrected chi connectivity index (χ1v) is 11.8. The Kier molecular flexibility index (Phi) is 7.12. The van der Waals surface area contributed by atoms with Crippen molar-refractivity contribution in [2.45, 2.75) is 44.9 Å². The third kappa shape index (κ3) is 5.51. The van der Waals surface area contributed by atoms with Gasteiger partial charge < -0.3 is 10.1 Å². The van der Waals surface area contributed by atoms with Crippen molar-refractivity contribution in [1.82, 2.24) is 4.31 Å². The lowest BCUT2D eigenvalue weighted by molar-refractivity contribution is -0.119. The quantitative estimate of drug-likeness (QED) is 0.688. The second-order valence-electron chi connectivity index (χ2n) is 7.86. The monoisotopic (exact) mass is 444 g/mol. The van der Waals surface area contributed by atoms with Gasteiger partial charge in [0.05, 0.1) is 10.5 Å². The summed E-state index contributed by atoms with van der Waals surface area (Å²) in [4.78, 5) is 24.7. The van der Waals surface area contributed by atoms with Crippen molar-refractivity contribution in [2.24, 2.45) is 0 Å². The van der Waals surface area contributed by atoms with Crippen LogP contribution >= 0.6 is 0 Å². The van der Waals surface area contributed by atoms with Crippen LogP contribution in [-0.4, -0.2) is 44.3 Å². The van der Waals surface area contributed by atoms with Crippen LogP contribution in [0.4, 0.5) is 5.69 Å². The number of esters is 1. The molecule has 0 aromatic heterocycles. The Morgan fingerprint density at radius 2 is 1.61 bits per heavy atom. The molecule has 0 aliphatic carbocycles. The predicted octanol–water partition coefficient (Wildman–Crippen LogP) is 3.58. The van der Waals surface area contributed by atoms with Crippen LogP contribution in [0.15, 0.2) is 41.3 Å². The predicted molar refractivity (Wildman–Crippen MR) is 119 cm³/mol. The van der Waals surface area contributed by atoms with E-state index in [-0.39, 0.29) is 4.90 Å². The number of hydrogen-bond donors (Lipinski definition) is 1. The fourth-order valence-electron chi connectivity index (χ4n) is 3.42.